The molecule has 0 aliphatic heterocycles. The Morgan fingerprint density at radius 1 is 1.28 bits per heavy atom. The minimum Gasteiger partial charge on any atom is -0.462 e. The van der Waals surface area contributed by atoms with Crippen molar-refractivity contribution < 1.29 is 9.53 Å². The molecule has 1 rings (SSSR count). The predicted octanol–water partition coefficient (Wildman–Crippen LogP) is 3.93. The van der Waals surface area contributed by atoms with Crippen LogP contribution in [0.4, 0.5) is 0 Å². The second-order valence-electron chi connectivity index (χ2n) is 3.66. The summed E-state index contributed by atoms with van der Waals surface area (Å²) in [5.74, 6) is -0.226. The molecule has 0 atom stereocenters. The van der Waals surface area contributed by atoms with E-state index in [1.165, 1.54) is 12.5 Å². The number of allylic oxidation sites excluding steroid dienone is 2. The van der Waals surface area contributed by atoms with Gasteiger partial charge in [-0.05, 0) is 18.4 Å². The SMILES string of the molecule is C=CCc1ccccc1.CC/C=C\COC(C)=O. The summed E-state index contributed by atoms with van der Waals surface area (Å²) >= 11 is 0. The van der Waals surface area contributed by atoms with Crippen LogP contribution in [0, 0.1) is 0 Å². The second kappa shape index (κ2) is 11.6. The van der Waals surface area contributed by atoms with Gasteiger partial charge in [-0.2, -0.15) is 0 Å². The van der Waals surface area contributed by atoms with Crippen LogP contribution in [0.5, 0.6) is 0 Å². The van der Waals surface area contributed by atoms with Gasteiger partial charge in [0.15, 0.2) is 0 Å². The fraction of sp³-hybridized carbons (Fsp3) is 0.312. The minimum atomic E-state index is -0.226. The van der Waals surface area contributed by atoms with Gasteiger partial charge in [0.25, 0.3) is 0 Å². The number of carbonyl (C=O) groups excluding carboxylic acids is 1. The molecule has 0 aliphatic rings. The van der Waals surface area contributed by atoms with E-state index in [1.54, 1.807) is 0 Å². The number of rotatable bonds is 5. The number of hydrogen-bond donors (Lipinski definition) is 0. The van der Waals surface area contributed by atoms with Gasteiger partial charge >= 0.3 is 5.97 Å². The van der Waals surface area contributed by atoms with Gasteiger partial charge in [-0.1, -0.05) is 55.5 Å². The van der Waals surface area contributed by atoms with Crippen molar-refractivity contribution in [2.75, 3.05) is 6.61 Å². The largest absolute Gasteiger partial charge is 0.462 e. The average molecular weight is 246 g/mol. The van der Waals surface area contributed by atoms with Gasteiger partial charge in [0.1, 0.15) is 6.61 Å². The molecule has 1 aromatic rings. The molecule has 0 spiro atoms. The van der Waals surface area contributed by atoms with Crippen LogP contribution in [0.25, 0.3) is 0 Å². The lowest BCUT2D eigenvalue weighted by Gasteiger charge is -1.92. The minimum absolute atomic E-state index is 0.226. The fourth-order valence-corrected chi connectivity index (χ4v) is 1.18. The molecule has 0 radical (unpaired) electrons. The van der Waals surface area contributed by atoms with Crippen LogP contribution in [0.1, 0.15) is 25.8 Å². The molecule has 0 aromatic heterocycles. The molecule has 0 unspecified atom stereocenters. The van der Waals surface area contributed by atoms with Gasteiger partial charge in [-0.25, -0.2) is 0 Å². The van der Waals surface area contributed by atoms with Gasteiger partial charge in [0.2, 0.25) is 0 Å². The standard InChI is InChI=1S/C9H10.C7H12O2/c1-2-6-9-7-4-3-5-8-9;1-3-4-5-6-9-7(2)8/h2-5,7-8H,1,6H2;4-5H,3,6H2,1-2H3/b;5-4-. The molecule has 1 aromatic carbocycles. The van der Waals surface area contributed by atoms with E-state index in [4.69, 9.17) is 0 Å². The summed E-state index contributed by atoms with van der Waals surface area (Å²) in [6.45, 7) is 7.50. The molecule has 0 saturated heterocycles. The van der Waals surface area contributed by atoms with Crippen LogP contribution >= 0.6 is 0 Å². The third-order valence-electron chi connectivity index (χ3n) is 2.01. The second-order valence-corrected chi connectivity index (χ2v) is 3.66. The van der Waals surface area contributed by atoms with Crippen LogP contribution in [0.2, 0.25) is 0 Å². The highest BCUT2D eigenvalue weighted by Crippen LogP contribution is 1.98. The Kier molecular flexibility index (Phi) is 10.5. The van der Waals surface area contributed by atoms with Crippen molar-refractivity contribution in [3.05, 3.63) is 60.7 Å². The van der Waals surface area contributed by atoms with Crippen molar-refractivity contribution in [3.8, 4) is 0 Å². The Labute approximate surface area is 110 Å². The van der Waals surface area contributed by atoms with Gasteiger partial charge in [0, 0.05) is 6.92 Å². The number of ether oxygens (including phenoxy) is 1. The van der Waals surface area contributed by atoms with Gasteiger partial charge in [-0.3, -0.25) is 4.79 Å². The smallest absolute Gasteiger partial charge is 0.302 e. The molecule has 0 N–H and O–H groups in total. The summed E-state index contributed by atoms with van der Waals surface area (Å²) in [5, 5.41) is 0. The van der Waals surface area contributed by atoms with E-state index in [0.717, 1.165) is 12.8 Å². The van der Waals surface area contributed by atoms with Gasteiger partial charge in [0.05, 0.1) is 0 Å². The Morgan fingerprint density at radius 2 is 1.94 bits per heavy atom. The first kappa shape index (κ1) is 16.2. The molecule has 98 valence electrons. The van der Waals surface area contributed by atoms with Crippen LogP contribution in [-0.4, -0.2) is 12.6 Å². The van der Waals surface area contributed by atoms with E-state index in [1.807, 2.05) is 43.4 Å². The molecule has 0 aliphatic carbocycles. The summed E-state index contributed by atoms with van der Waals surface area (Å²) in [6, 6.07) is 10.3. The number of carbonyl (C=O) groups is 1. The molecule has 2 nitrogen and oxygen atoms in total. The Morgan fingerprint density at radius 3 is 2.44 bits per heavy atom. The number of hydrogen-bond acceptors (Lipinski definition) is 2. The Bertz CT molecular complexity index is 353. The summed E-state index contributed by atoms with van der Waals surface area (Å²) in [5.41, 5.74) is 1.33. The maximum atomic E-state index is 10.2. The number of esters is 1. The molecular weight excluding hydrogens is 224 g/mol. The summed E-state index contributed by atoms with van der Waals surface area (Å²) in [4.78, 5) is 10.2. The van der Waals surface area contributed by atoms with Crippen LogP contribution in [-0.2, 0) is 16.0 Å². The van der Waals surface area contributed by atoms with Crippen molar-refractivity contribution in [1.82, 2.24) is 0 Å². The lowest BCUT2D eigenvalue weighted by atomic mass is 10.2. The van der Waals surface area contributed by atoms with Crippen molar-refractivity contribution >= 4 is 5.97 Å². The lowest BCUT2D eigenvalue weighted by Crippen LogP contribution is -1.96. The maximum Gasteiger partial charge on any atom is 0.302 e. The van der Waals surface area contributed by atoms with Crippen molar-refractivity contribution in [1.29, 1.82) is 0 Å². The highest BCUT2D eigenvalue weighted by Gasteiger charge is 1.84. The topological polar surface area (TPSA) is 26.3 Å². The molecule has 18 heavy (non-hydrogen) atoms. The van der Waals surface area contributed by atoms with E-state index in [9.17, 15) is 4.79 Å². The zero-order valence-corrected chi connectivity index (χ0v) is 11.3. The molecule has 0 saturated carbocycles. The van der Waals surface area contributed by atoms with E-state index < -0.39 is 0 Å². The van der Waals surface area contributed by atoms with Crippen LogP contribution < -0.4 is 0 Å². The first-order valence-corrected chi connectivity index (χ1v) is 6.13. The summed E-state index contributed by atoms with van der Waals surface area (Å²) in [7, 11) is 0. The zero-order chi connectivity index (χ0) is 13.6. The molecule has 0 amide bonds. The molecule has 0 fully saturated rings. The summed E-state index contributed by atoms with van der Waals surface area (Å²) < 4.78 is 4.62. The van der Waals surface area contributed by atoms with Crippen LogP contribution in [0.3, 0.4) is 0 Å². The predicted molar refractivity (Wildman–Crippen MR) is 76.4 cm³/mol. The third kappa shape index (κ3) is 10.7. The molecule has 0 heterocycles. The Balaban J connectivity index is 0.000000321. The normalized spacial score (nSPS) is 9.44. The molecule has 0 bridgehead atoms. The van der Waals surface area contributed by atoms with Crippen molar-refractivity contribution in [2.45, 2.75) is 26.7 Å². The van der Waals surface area contributed by atoms with E-state index >= 15 is 0 Å². The van der Waals surface area contributed by atoms with E-state index in [-0.39, 0.29) is 5.97 Å². The van der Waals surface area contributed by atoms with E-state index in [0.29, 0.717) is 6.61 Å². The highest BCUT2D eigenvalue weighted by atomic mass is 16.5. The lowest BCUT2D eigenvalue weighted by molar-refractivity contribution is -0.139. The first-order chi connectivity index (χ1) is 8.70. The fourth-order valence-electron chi connectivity index (χ4n) is 1.18. The summed E-state index contributed by atoms with van der Waals surface area (Å²) in [6.07, 6.45) is 7.67. The highest BCUT2D eigenvalue weighted by molar-refractivity contribution is 5.65. The van der Waals surface area contributed by atoms with Crippen molar-refractivity contribution in [2.24, 2.45) is 0 Å². The first-order valence-electron chi connectivity index (χ1n) is 6.13. The monoisotopic (exact) mass is 246 g/mol. The average Bonchev–Trinajstić information content (AvgIpc) is 2.37. The van der Waals surface area contributed by atoms with Gasteiger partial charge in [-0.15, -0.1) is 6.58 Å². The molecule has 2 heteroatoms. The van der Waals surface area contributed by atoms with Crippen LogP contribution in [0.15, 0.2) is 55.1 Å². The van der Waals surface area contributed by atoms with Gasteiger partial charge < -0.3 is 4.74 Å². The van der Waals surface area contributed by atoms with E-state index in [2.05, 4.69) is 23.4 Å². The maximum absolute atomic E-state index is 10.2. The number of benzene rings is 1. The quantitative estimate of drug-likeness (QED) is 0.581. The van der Waals surface area contributed by atoms with Crippen molar-refractivity contribution in [3.63, 3.8) is 0 Å². The Hall–Kier alpha value is -1.83. The third-order valence-corrected chi connectivity index (χ3v) is 2.01. The molecular formula is C16H22O2. The zero-order valence-electron chi connectivity index (χ0n) is 11.3.